The zero-order valence-corrected chi connectivity index (χ0v) is 14.7. The van der Waals surface area contributed by atoms with Crippen LogP contribution in [0.15, 0.2) is 18.2 Å². The average molecular weight is 288 g/mol. The summed E-state index contributed by atoms with van der Waals surface area (Å²) >= 11 is 0. The number of benzene rings is 1. The zero-order valence-electron chi connectivity index (χ0n) is 14.7. The SMILES string of the molecule is CCC1(CC)CNC(C)(C)CN1Cc1cc(C)ccc1C. The van der Waals surface area contributed by atoms with Gasteiger partial charge in [0.15, 0.2) is 0 Å². The van der Waals surface area contributed by atoms with Gasteiger partial charge in [0.25, 0.3) is 0 Å². The number of hydrogen-bond acceptors (Lipinski definition) is 2. The van der Waals surface area contributed by atoms with Crippen LogP contribution < -0.4 is 5.32 Å². The lowest BCUT2D eigenvalue weighted by molar-refractivity contribution is 0.00220. The highest BCUT2D eigenvalue weighted by Crippen LogP contribution is 2.32. The van der Waals surface area contributed by atoms with E-state index >= 15 is 0 Å². The molecule has 0 radical (unpaired) electrons. The Labute approximate surface area is 130 Å². The van der Waals surface area contributed by atoms with E-state index in [2.05, 4.69) is 70.0 Å². The molecule has 1 aliphatic rings. The van der Waals surface area contributed by atoms with E-state index in [0.29, 0.717) is 5.54 Å². The molecule has 0 bridgehead atoms. The van der Waals surface area contributed by atoms with E-state index < -0.39 is 0 Å². The lowest BCUT2D eigenvalue weighted by atomic mass is 9.83. The molecule has 1 saturated heterocycles. The largest absolute Gasteiger partial charge is 0.309 e. The molecule has 1 N–H and O–H groups in total. The molecule has 0 saturated carbocycles. The molecule has 118 valence electrons. The summed E-state index contributed by atoms with van der Waals surface area (Å²) in [6.07, 6.45) is 2.41. The Hall–Kier alpha value is -0.860. The Balaban J connectivity index is 2.30. The van der Waals surface area contributed by atoms with Crippen LogP contribution in [0, 0.1) is 13.8 Å². The van der Waals surface area contributed by atoms with Crippen molar-refractivity contribution in [3.63, 3.8) is 0 Å². The molecular formula is C19H32N2. The van der Waals surface area contributed by atoms with Gasteiger partial charge >= 0.3 is 0 Å². The van der Waals surface area contributed by atoms with Gasteiger partial charge in [-0.2, -0.15) is 0 Å². The summed E-state index contributed by atoms with van der Waals surface area (Å²) in [7, 11) is 0. The van der Waals surface area contributed by atoms with Gasteiger partial charge in [0, 0.05) is 30.7 Å². The van der Waals surface area contributed by atoms with Gasteiger partial charge in [0.2, 0.25) is 0 Å². The van der Waals surface area contributed by atoms with Crippen molar-refractivity contribution >= 4 is 0 Å². The van der Waals surface area contributed by atoms with Crippen molar-refractivity contribution in [2.45, 2.75) is 72.0 Å². The van der Waals surface area contributed by atoms with Crippen molar-refractivity contribution in [3.05, 3.63) is 34.9 Å². The topological polar surface area (TPSA) is 15.3 Å². The molecule has 1 fully saturated rings. The van der Waals surface area contributed by atoms with Crippen LogP contribution in [-0.2, 0) is 6.54 Å². The van der Waals surface area contributed by atoms with Gasteiger partial charge in [-0.05, 0) is 51.7 Å². The fourth-order valence-corrected chi connectivity index (χ4v) is 3.56. The van der Waals surface area contributed by atoms with Crippen LogP contribution in [0.4, 0.5) is 0 Å². The number of hydrogen-bond donors (Lipinski definition) is 1. The lowest BCUT2D eigenvalue weighted by Gasteiger charge is -2.53. The first-order valence-corrected chi connectivity index (χ1v) is 8.38. The Kier molecular flexibility index (Phi) is 4.79. The van der Waals surface area contributed by atoms with E-state index in [4.69, 9.17) is 0 Å². The van der Waals surface area contributed by atoms with Crippen LogP contribution >= 0.6 is 0 Å². The zero-order chi connectivity index (χ0) is 15.7. The maximum Gasteiger partial charge on any atom is 0.0333 e. The summed E-state index contributed by atoms with van der Waals surface area (Å²) in [6.45, 7) is 17.0. The second-order valence-corrected chi connectivity index (χ2v) is 7.45. The van der Waals surface area contributed by atoms with Crippen molar-refractivity contribution in [3.8, 4) is 0 Å². The highest BCUT2D eigenvalue weighted by molar-refractivity contribution is 5.30. The van der Waals surface area contributed by atoms with Gasteiger partial charge in [-0.15, -0.1) is 0 Å². The van der Waals surface area contributed by atoms with Crippen molar-refractivity contribution in [2.24, 2.45) is 0 Å². The molecule has 2 rings (SSSR count). The summed E-state index contributed by atoms with van der Waals surface area (Å²) < 4.78 is 0. The lowest BCUT2D eigenvalue weighted by Crippen LogP contribution is -2.67. The van der Waals surface area contributed by atoms with E-state index in [1.54, 1.807) is 0 Å². The van der Waals surface area contributed by atoms with Crippen LogP contribution in [0.5, 0.6) is 0 Å². The summed E-state index contributed by atoms with van der Waals surface area (Å²) in [5, 5.41) is 3.75. The molecular weight excluding hydrogens is 256 g/mol. The van der Waals surface area contributed by atoms with Gasteiger partial charge in [0.1, 0.15) is 0 Å². The first kappa shape index (κ1) is 16.5. The predicted molar refractivity (Wildman–Crippen MR) is 91.7 cm³/mol. The Morgan fingerprint density at radius 2 is 1.81 bits per heavy atom. The second kappa shape index (κ2) is 6.10. The summed E-state index contributed by atoms with van der Waals surface area (Å²) in [6, 6.07) is 6.84. The first-order chi connectivity index (χ1) is 9.82. The molecule has 0 spiro atoms. The number of rotatable bonds is 4. The third-order valence-corrected chi connectivity index (χ3v) is 5.34. The predicted octanol–water partition coefficient (Wildman–Crippen LogP) is 4.05. The molecule has 2 heteroatoms. The molecule has 0 aliphatic carbocycles. The average Bonchev–Trinajstić information content (AvgIpc) is 2.43. The van der Waals surface area contributed by atoms with Gasteiger partial charge in [-0.1, -0.05) is 37.6 Å². The molecule has 1 aliphatic heterocycles. The van der Waals surface area contributed by atoms with E-state index in [1.165, 1.54) is 29.5 Å². The van der Waals surface area contributed by atoms with E-state index in [0.717, 1.165) is 19.6 Å². The van der Waals surface area contributed by atoms with Crippen molar-refractivity contribution < 1.29 is 0 Å². The fourth-order valence-electron chi connectivity index (χ4n) is 3.56. The van der Waals surface area contributed by atoms with Crippen LogP contribution in [0.1, 0.15) is 57.2 Å². The first-order valence-electron chi connectivity index (χ1n) is 8.38. The Morgan fingerprint density at radius 1 is 1.14 bits per heavy atom. The molecule has 0 aromatic heterocycles. The van der Waals surface area contributed by atoms with Crippen LogP contribution in [0.3, 0.4) is 0 Å². The highest BCUT2D eigenvalue weighted by Gasteiger charge is 2.41. The molecule has 0 amide bonds. The number of aryl methyl sites for hydroxylation is 2. The third kappa shape index (κ3) is 3.49. The molecule has 1 aromatic carbocycles. The van der Waals surface area contributed by atoms with Gasteiger partial charge in [0.05, 0.1) is 0 Å². The number of piperazine rings is 1. The second-order valence-electron chi connectivity index (χ2n) is 7.45. The third-order valence-electron chi connectivity index (χ3n) is 5.34. The summed E-state index contributed by atoms with van der Waals surface area (Å²) in [5.74, 6) is 0. The maximum atomic E-state index is 3.75. The van der Waals surface area contributed by atoms with Crippen molar-refractivity contribution in [2.75, 3.05) is 13.1 Å². The minimum atomic E-state index is 0.200. The van der Waals surface area contributed by atoms with Crippen LogP contribution in [0.2, 0.25) is 0 Å². The monoisotopic (exact) mass is 288 g/mol. The molecule has 2 nitrogen and oxygen atoms in total. The smallest absolute Gasteiger partial charge is 0.0333 e. The molecule has 0 atom stereocenters. The maximum absolute atomic E-state index is 3.75. The molecule has 1 heterocycles. The van der Waals surface area contributed by atoms with Crippen LogP contribution in [-0.4, -0.2) is 29.1 Å². The number of nitrogens with one attached hydrogen (secondary N) is 1. The quantitative estimate of drug-likeness (QED) is 0.899. The Bertz CT molecular complexity index is 486. The van der Waals surface area contributed by atoms with Crippen molar-refractivity contribution in [1.29, 1.82) is 0 Å². The number of nitrogens with zero attached hydrogens (tertiary/aromatic N) is 1. The van der Waals surface area contributed by atoms with Gasteiger partial charge in [-0.25, -0.2) is 0 Å². The van der Waals surface area contributed by atoms with E-state index in [9.17, 15) is 0 Å². The molecule has 1 aromatic rings. The van der Waals surface area contributed by atoms with Crippen molar-refractivity contribution in [1.82, 2.24) is 10.2 Å². The van der Waals surface area contributed by atoms with Crippen LogP contribution in [0.25, 0.3) is 0 Å². The fraction of sp³-hybridized carbons (Fsp3) is 0.684. The normalized spacial score (nSPS) is 21.4. The van der Waals surface area contributed by atoms with E-state index in [-0.39, 0.29) is 5.54 Å². The molecule has 21 heavy (non-hydrogen) atoms. The summed E-state index contributed by atoms with van der Waals surface area (Å²) in [5.41, 5.74) is 4.76. The molecule has 0 unspecified atom stereocenters. The highest BCUT2D eigenvalue weighted by atomic mass is 15.3. The Morgan fingerprint density at radius 3 is 2.43 bits per heavy atom. The minimum absolute atomic E-state index is 0.200. The standard InChI is InChI=1S/C19H32N2/c1-7-19(8-2)13-20-18(5,6)14-21(19)12-17-11-15(3)9-10-16(17)4/h9-11,20H,7-8,12-14H2,1-6H3. The summed E-state index contributed by atoms with van der Waals surface area (Å²) in [4.78, 5) is 2.73. The van der Waals surface area contributed by atoms with Gasteiger partial charge < -0.3 is 5.32 Å². The van der Waals surface area contributed by atoms with E-state index in [1.807, 2.05) is 0 Å². The van der Waals surface area contributed by atoms with Gasteiger partial charge in [-0.3, -0.25) is 4.90 Å². The minimum Gasteiger partial charge on any atom is -0.309 e.